The summed E-state index contributed by atoms with van der Waals surface area (Å²) in [5.41, 5.74) is 7.71. The normalized spacial score (nSPS) is 10.2. The zero-order chi connectivity index (χ0) is 13.7. The van der Waals surface area contributed by atoms with E-state index in [1.165, 1.54) is 0 Å². The van der Waals surface area contributed by atoms with E-state index in [9.17, 15) is 4.79 Å². The van der Waals surface area contributed by atoms with Crippen LogP contribution in [-0.4, -0.2) is 17.4 Å². The van der Waals surface area contributed by atoms with Crippen LogP contribution in [0.25, 0.3) is 0 Å². The van der Waals surface area contributed by atoms with Crippen molar-refractivity contribution in [3.8, 4) is 0 Å². The van der Waals surface area contributed by atoms with Gasteiger partial charge in [0.1, 0.15) is 0 Å². The number of carbonyl (C=O) groups excluding carboxylic acids is 1. The van der Waals surface area contributed by atoms with Gasteiger partial charge >= 0.3 is 0 Å². The van der Waals surface area contributed by atoms with Gasteiger partial charge in [-0.2, -0.15) is 0 Å². The summed E-state index contributed by atoms with van der Waals surface area (Å²) in [6, 6.07) is 8.69. The number of rotatable bonds is 4. The van der Waals surface area contributed by atoms with Crippen LogP contribution >= 0.6 is 11.6 Å². The van der Waals surface area contributed by atoms with Crippen molar-refractivity contribution in [2.75, 3.05) is 12.3 Å². The predicted molar refractivity (Wildman–Crippen MR) is 76.1 cm³/mol. The van der Waals surface area contributed by atoms with E-state index in [2.05, 4.69) is 10.3 Å². The van der Waals surface area contributed by atoms with Crippen molar-refractivity contribution in [1.29, 1.82) is 0 Å². The largest absolute Gasteiger partial charge is 0.398 e. The molecule has 0 bridgehead atoms. The fraction of sp³-hybridized carbons (Fsp3) is 0.143. The van der Waals surface area contributed by atoms with Crippen LogP contribution in [0.5, 0.6) is 0 Å². The molecule has 0 aliphatic heterocycles. The minimum Gasteiger partial charge on any atom is -0.398 e. The maximum absolute atomic E-state index is 11.9. The summed E-state index contributed by atoms with van der Waals surface area (Å²) in [7, 11) is 0. The molecule has 0 saturated carbocycles. The Balaban J connectivity index is 1.89. The lowest BCUT2D eigenvalue weighted by Crippen LogP contribution is -2.25. The Morgan fingerprint density at radius 2 is 2.00 bits per heavy atom. The third kappa shape index (κ3) is 3.69. The number of hydrogen-bond donors (Lipinski definition) is 2. The Hall–Kier alpha value is -2.07. The number of benzene rings is 1. The molecule has 0 aliphatic carbocycles. The number of anilines is 1. The maximum Gasteiger partial charge on any atom is 0.251 e. The van der Waals surface area contributed by atoms with Gasteiger partial charge in [0, 0.05) is 24.5 Å². The van der Waals surface area contributed by atoms with Gasteiger partial charge < -0.3 is 11.1 Å². The highest BCUT2D eigenvalue weighted by atomic mass is 35.5. The lowest BCUT2D eigenvalue weighted by molar-refractivity contribution is 0.0954. The van der Waals surface area contributed by atoms with Gasteiger partial charge in [0.2, 0.25) is 0 Å². The first-order valence-corrected chi connectivity index (χ1v) is 6.27. The number of aromatic nitrogens is 1. The molecule has 0 spiro atoms. The Morgan fingerprint density at radius 3 is 2.68 bits per heavy atom. The van der Waals surface area contributed by atoms with E-state index in [0.717, 1.165) is 12.0 Å². The topological polar surface area (TPSA) is 68.0 Å². The number of pyridine rings is 1. The molecule has 0 radical (unpaired) electrons. The molecule has 2 aromatic rings. The van der Waals surface area contributed by atoms with Crippen molar-refractivity contribution in [2.45, 2.75) is 6.42 Å². The summed E-state index contributed by atoms with van der Waals surface area (Å²) in [5.74, 6) is -0.155. The molecule has 98 valence electrons. The Morgan fingerprint density at radius 1 is 1.26 bits per heavy atom. The van der Waals surface area contributed by atoms with E-state index in [1.54, 1.807) is 30.6 Å². The molecule has 1 aromatic heterocycles. The number of nitrogen functional groups attached to an aromatic ring is 1. The molecular weight excluding hydrogens is 262 g/mol. The summed E-state index contributed by atoms with van der Waals surface area (Å²) < 4.78 is 0. The van der Waals surface area contributed by atoms with Crippen molar-refractivity contribution in [3.63, 3.8) is 0 Å². The van der Waals surface area contributed by atoms with E-state index in [4.69, 9.17) is 17.3 Å². The molecule has 5 heteroatoms. The van der Waals surface area contributed by atoms with E-state index in [-0.39, 0.29) is 5.91 Å². The number of nitrogens with one attached hydrogen (secondary N) is 1. The summed E-state index contributed by atoms with van der Waals surface area (Å²) in [6.07, 6.45) is 4.23. The van der Waals surface area contributed by atoms with E-state index in [0.29, 0.717) is 22.8 Å². The molecule has 0 aliphatic rings. The highest BCUT2D eigenvalue weighted by Gasteiger charge is 2.06. The molecule has 0 unspecified atom stereocenters. The lowest BCUT2D eigenvalue weighted by atomic mass is 10.1. The van der Waals surface area contributed by atoms with Crippen LogP contribution in [0.2, 0.25) is 5.02 Å². The smallest absolute Gasteiger partial charge is 0.251 e. The maximum atomic E-state index is 11.9. The van der Waals surface area contributed by atoms with E-state index in [1.807, 2.05) is 12.1 Å². The fourth-order valence-electron chi connectivity index (χ4n) is 1.66. The summed E-state index contributed by atoms with van der Waals surface area (Å²) in [4.78, 5) is 15.8. The number of hydrogen-bond acceptors (Lipinski definition) is 3. The van der Waals surface area contributed by atoms with Crippen molar-refractivity contribution in [2.24, 2.45) is 0 Å². The van der Waals surface area contributed by atoms with Crippen molar-refractivity contribution in [3.05, 3.63) is 58.9 Å². The summed E-state index contributed by atoms with van der Waals surface area (Å²) in [6.45, 7) is 0.561. The number of nitrogens with zero attached hydrogens (tertiary/aromatic N) is 1. The molecule has 1 aromatic carbocycles. The third-order valence-corrected chi connectivity index (χ3v) is 3.05. The van der Waals surface area contributed by atoms with E-state index >= 15 is 0 Å². The zero-order valence-corrected chi connectivity index (χ0v) is 11.0. The Kier molecular flexibility index (Phi) is 4.36. The zero-order valence-electron chi connectivity index (χ0n) is 10.3. The number of amides is 1. The number of halogens is 1. The van der Waals surface area contributed by atoms with Gasteiger partial charge in [-0.05, 0) is 42.3 Å². The van der Waals surface area contributed by atoms with Gasteiger partial charge in [-0.3, -0.25) is 9.78 Å². The molecule has 2 rings (SSSR count). The monoisotopic (exact) mass is 275 g/mol. The minimum absolute atomic E-state index is 0.155. The molecule has 0 saturated heterocycles. The molecular formula is C14H14ClN3O. The van der Waals surface area contributed by atoms with Crippen molar-refractivity contribution in [1.82, 2.24) is 10.3 Å². The second-order valence-corrected chi connectivity index (χ2v) is 4.50. The van der Waals surface area contributed by atoms with Crippen LogP contribution in [0, 0.1) is 0 Å². The Labute approximate surface area is 116 Å². The average molecular weight is 276 g/mol. The van der Waals surface area contributed by atoms with Crippen LogP contribution < -0.4 is 11.1 Å². The number of carbonyl (C=O) groups is 1. The molecule has 1 amide bonds. The second kappa shape index (κ2) is 6.20. The summed E-state index contributed by atoms with van der Waals surface area (Å²) in [5, 5.41) is 3.29. The average Bonchev–Trinajstić information content (AvgIpc) is 2.43. The first-order valence-electron chi connectivity index (χ1n) is 5.89. The third-order valence-electron chi connectivity index (χ3n) is 2.71. The molecule has 1 heterocycles. The molecule has 4 nitrogen and oxygen atoms in total. The van der Waals surface area contributed by atoms with Gasteiger partial charge in [-0.15, -0.1) is 0 Å². The van der Waals surface area contributed by atoms with Crippen molar-refractivity contribution < 1.29 is 4.79 Å². The molecule has 19 heavy (non-hydrogen) atoms. The fourth-order valence-corrected chi connectivity index (χ4v) is 1.77. The lowest BCUT2D eigenvalue weighted by Gasteiger charge is -2.06. The Bertz CT molecular complexity index is 572. The highest BCUT2D eigenvalue weighted by Crippen LogP contribution is 2.19. The SMILES string of the molecule is Nc1cc(C(=O)NCCc2ccncc2)ccc1Cl. The predicted octanol–water partition coefficient (Wildman–Crippen LogP) is 2.29. The van der Waals surface area contributed by atoms with Gasteiger partial charge in [0.25, 0.3) is 5.91 Å². The van der Waals surface area contributed by atoms with E-state index < -0.39 is 0 Å². The number of nitrogens with two attached hydrogens (primary N) is 1. The molecule has 0 atom stereocenters. The molecule has 0 fully saturated rings. The van der Waals surface area contributed by atoms with Gasteiger partial charge in [-0.25, -0.2) is 0 Å². The van der Waals surface area contributed by atoms with Crippen LogP contribution in [0.4, 0.5) is 5.69 Å². The minimum atomic E-state index is -0.155. The van der Waals surface area contributed by atoms with Gasteiger partial charge in [-0.1, -0.05) is 11.6 Å². The van der Waals surface area contributed by atoms with Crippen LogP contribution in [0.15, 0.2) is 42.7 Å². The van der Waals surface area contributed by atoms with Gasteiger partial charge in [0.05, 0.1) is 10.7 Å². The van der Waals surface area contributed by atoms with Crippen LogP contribution in [0.3, 0.4) is 0 Å². The second-order valence-electron chi connectivity index (χ2n) is 4.10. The van der Waals surface area contributed by atoms with Crippen LogP contribution in [-0.2, 0) is 6.42 Å². The highest BCUT2D eigenvalue weighted by molar-refractivity contribution is 6.33. The first-order chi connectivity index (χ1) is 9.16. The first kappa shape index (κ1) is 13.4. The standard InChI is InChI=1S/C14H14ClN3O/c15-12-2-1-11(9-13(12)16)14(19)18-8-5-10-3-6-17-7-4-10/h1-4,6-7,9H,5,8,16H2,(H,18,19). The van der Waals surface area contributed by atoms with Crippen molar-refractivity contribution >= 4 is 23.2 Å². The summed E-state index contributed by atoms with van der Waals surface area (Å²) >= 11 is 5.81. The quantitative estimate of drug-likeness (QED) is 0.841. The molecule has 3 N–H and O–H groups in total. The van der Waals surface area contributed by atoms with Gasteiger partial charge in [0.15, 0.2) is 0 Å². The van der Waals surface area contributed by atoms with Crippen LogP contribution in [0.1, 0.15) is 15.9 Å².